The van der Waals surface area contributed by atoms with E-state index in [-0.39, 0.29) is 5.91 Å². The van der Waals surface area contributed by atoms with Gasteiger partial charge in [-0.25, -0.2) is 4.98 Å². The van der Waals surface area contributed by atoms with Crippen LogP contribution < -0.4 is 5.32 Å². The van der Waals surface area contributed by atoms with Gasteiger partial charge in [-0.1, -0.05) is 6.92 Å². The third kappa shape index (κ3) is 3.52. The van der Waals surface area contributed by atoms with Gasteiger partial charge in [-0.15, -0.1) is 11.6 Å². The largest absolute Gasteiger partial charge is 0.436 e. The number of nitrogens with one attached hydrogen (secondary N) is 1. The van der Waals surface area contributed by atoms with E-state index >= 15 is 0 Å². The Bertz CT molecular complexity index is 363. The first-order valence-corrected chi connectivity index (χ1v) is 5.86. The summed E-state index contributed by atoms with van der Waals surface area (Å²) in [5, 5.41) is 2.81. The van der Waals surface area contributed by atoms with Crippen LogP contribution in [0.15, 0.2) is 4.42 Å². The highest BCUT2D eigenvalue weighted by Crippen LogP contribution is 2.09. The highest BCUT2D eigenvalue weighted by molar-refractivity contribution is 6.17. The van der Waals surface area contributed by atoms with Gasteiger partial charge in [0.05, 0.1) is 5.69 Å². The number of hydrogen-bond acceptors (Lipinski definition) is 3. The van der Waals surface area contributed by atoms with Gasteiger partial charge in [0.25, 0.3) is 5.91 Å². The van der Waals surface area contributed by atoms with E-state index in [0.717, 1.165) is 6.42 Å². The van der Waals surface area contributed by atoms with Crippen LogP contribution in [-0.2, 0) is 0 Å². The van der Waals surface area contributed by atoms with Crippen molar-refractivity contribution in [3.05, 3.63) is 17.3 Å². The van der Waals surface area contributed by atoms with Gasteiger partial charge in [0.1, 0.15) is 0 Å². The van der Waals surface area contributed by atoms with Gasteiger partial charge in [-0.3, -0.25) is 4.79 Å². The highest BCUT2D eigenvalue weighted by Gasteiger charge is 2.15. The molecule has 1 atom stereocenters. The van der Waals surface area contributed by atoms with Crippen LogP contribution in [0.1, 0.15) is 35.5 Å². The number of nitrogens with zero attached hydrogens (tertiary/aromatic N) is 1. The van der Waals surface area contributed by atoms with Gasteiger partial charge in [-0.05, 0) is 19.3 Å². The summed E-state index contributed by atoms with van der Waals surface area (Å²) in [4.78, 5) is 15.8. The van der Waals surface area contributed by atoms with Crippen LogP contribution in [0.5, 0.6) is 0 Å². The number of hydrogen-bond donors (Lipinski definition) is 1. The van der Waals surface area contributed by atoms with Crippen molar-refractivity contribution >= 4 is 17.5 Å². The number of alkyl halides is 1. The average Bonchev–Trinajstić information content (AvgIpc) is 2.55. The van der Waals surface area contributed by atoms with E-state index in [1.54, 1.807) is 13.8 Å². The number of halogens is 1. The zero-order valence-electron chi connectivity index (χ0n) is 9.84. The van der Waals surface area contributed by atoms with Gasteiger partial charge >= 0.3 is 0 Å². The topological polar surface area (TPSA) is 55.1 Å². The molecule has 1 heterocycles. The monoisotopic (exact) mass is 244 g/mol. The molecule has 1 aromatic rings. The Balaban J connectivity index is 2.50. The molecule has 1 unspecified atom stereocenters. The number of amides is 1. The van der Waals surface area contributed by atoms with Crippen molar-refractivity contribution in [1.29, 1.82) is 0 Å². The molecule has 1 rings (SSSR count). The second kappa shape index (κ2) is 5.89. The second-order valence-electron chi connectivity index (χ2n) is 3.94. The molecule has 0 aliphatic rings. The summed E-state index contributed by atoms with van der Waals surface area (Å²) in [7, 11) is 0. The summed E-state index contributed by atoms with van der Waals surface area (Å²) in [6.07, 6.45) is 0.885. The smallest absolute Gasteiger partial charge is 0.289 e. The van der Waals surface area contributed by atoms with E-state index < -0.39 is 0 Å². The van der Waals surface area contributed by atoms with E-state index in [1.807, 2.05) is 6.92 Å². The molecule has 0 bridgehead atoms. The first kappa shape index (κ1) is 13.0. The number of aromatic nitrogens is 1. The molecule has 0 aliphatic carbocycles. The van der Waals surface area contributed by atoms with E-state index in [1.165, 1.54) is 0 Å². The number of aryl methyl sites for hydroxylation is 2. The van der Waals surface area contributed by atoms with Crippen LogP contribution in [0.25, 0.3) is 0 Å². The molecule has 0 radical (unpaired) electrons. The molecule has 0 fully saturated rings. The van der Waals surface area contributed by atoms with Gasteiger partial charge in [0.15, 0.2) is 5.89 Å². The third-order valence-corrected chi connectivity index (χ3v) is 2.54. The minimum atomic E-state index is -0.209. The van der Waals surface area contributed by atoms with Gasteiger partial charge < -0.3 is 9.73 Å². The molecule has 0 saturated heterocycles. The lowest BCUT2D eigenvalue weighted by atomic mass is 10.1. The number of rotatable bonds is 5. The standard InChI is InChI=1S/C11H17ClN2O2/c1-7(4-5-12)6-13-11(15)10-8(2)14-9(3)16-10/h7H,4-6H2,1-3H3,(H,13,15). The summed E-state index contributed by atoms with van der Waals surface area (Å²) < 4.78 is 5.22. The maximum absolute atomic E-state index is 11.7. The van der Waals surface area contributed by atoms with Crippen LogP contribution in [0.3, 0.4) is 0 Å². The SMILES string of the molecule is Cc1nc(C)c(C(=O)NCC(C)CCCl)o1. The molecule has 90 valence electrons. The Hall–Kier alpha value is -1.03. The fraction of sp³-hybridized carbons (Fsp3) is 0.636. The van der Waals surface area contributed by atoms with Crippen molar-refractivity contribution in [2.75, 3.05) is 12.4 Å². The molecule has 0 spiro atoms. The number of carbonyl (C=O) groups is 1. The van der Waals surface area contributed by atoms with E-state index in [2.05, 4.69) is 10.3 Å². The Morgan fingerprint density at radius 1 is 1.56 bits per heavy atom. The predicted octanol–water partition coefficient (Wildman–Crippen LogP) is 2.29. The van der Waals surface area contributed by atoms with Gasteiger partial charge in [-0.2, -0.15) is 0 Å². The van der Waals surface area contributed by atoms with Crippen LogP contribution in [0.4, 0.5) is 0 Å². The first-order chi connectivity index (χ1) is 7.54. The quantitative estimate of drug-likeness (QED) is 0.809. The molecule has 0 saturated carbocycles. The van der Waals surface area contributed by atoms with Crippen molar-refractivity contribution in [3.8, 4) is 0 Å². The highest BCUT2D eigenvalue weighted by atomic mass is 35.5. The molecule has 4 nitrogen and oxygen atoms in total. The van der Waals surface area contributed by atoms with E-state index in [4.69, 9.17) is 16.0 Å². The molecule has 1 N–H and O–H groups in total. The summed E-state index contributed by atoms with van der Waals surface area (Å²) in [6.45, 7) is 6.12. The van der Waals surface area contributed by atoms with Crippen LogP contribution in [-0.4, -0.2) is 23.3 Å². The fourth-order valence-electron chi connectivity index (χ4n) is 1.38. The average molecular weight is 245 g/mol. The fourth-order valence-corrected chi connectivity index (χ4v) is 1.75. The summed E-state index contributed by atoms with van der Waals surface area (Å²) >= 11 is 5.62. The normalized spacial score (nSPS) is 12.5. The molecule has 1 aromatic heterocycles. The van der Waals surface area contributed by atoms with Crippen molar-refractivity contribution < 1.29 is 9.21 Å². The molecule has 0 aromatic carbocycles. The van der Waals surface area contributed by atoms with Crippen molar-refractivity contribution in [2.45, 2.75) is 27.2 Å². The van der Waals surface area contributed by atoms with E-state index in [0.29, 0.717) is 35.7 Å². The second-order valence-corrected chi connectivity index (χ2v) is 4.32. The number of carbonyl (C=O) groups excluding carboxylic acids is 1. The van der Waals surface area contributed by atoms with Crippen LogP contribution in [0.2, 0.25) is 0 Å². The lowest BCUT2D eigenvalue weighted by Crippen LogP contribution is -2.28. The molecule has 1 amide bonds. The number of oxazole rings is 1. The summed E-state index contributed by atoms with van der Waals surface area (Å²) in [5.41, 5.74) is 0.625. The molecule has 16 heavy (non-hydrogen) atoms. The lowest BCUT2D eigenvalue weighted by molar-refractivity contribution is 0.0918. The van der Waals surface area contributed by atoms with Crippen molar-refractivity contribution in [1.82, 2.24) is 10.3 Å². The maximum atomic E-state index is 11.7. The van der Waals surface area contributed by atoms with Crippen LogP contribution in [0, 0.1) is 19.8 Å². The minimum Gasteiger partial charge on any atom is -0.436 e. The third-order valence-electron chi connectivity index (χ3n) is 2.32. The van der Waals surface area contributed by atoms with Crippen LogP contribution >= 0.6 is 11.6 Å². The molecular weight excluding hydrogens is 228 g/mol. The van der Waals surface area contributed by atoms with Gasteiger partial charge in [0, 0.05) is 19.3 Å². The molecule has 5 heteroatoms. The Morgan fingerprint density at radius 3 is 2.75 bits per heavy atom. The Kier molecular flexibility index (Phi) is 4.80. The minimum absolute atomic E-state index is 0.209. The first-order valence-electron chi connectivity index (χ1n) is 5.32. The lowest BCUT2D eigenvalue weighted by Gasteiger charge is -2.09. The Morgan fingerprint density at radius 2 is 2.25 bits per heavy atom. The Labute approximate surface area is 100 Å². The van der Waals surface area contributed by atoms with Crippen molar-refractivity contribution in [3.63, 3.8) is 0 Å². The summed E-state index contributed by atoms with van der Waals surface area (Å²) in [5.74, 6) is 1.58. The van der Waals surface area contributed by atoms with Crippen molar-refractivity contribution in [2.24, 2.45) is 5.92 Å². The summed E-state index contributed by atoms with van der Waals surface area (Å²) in [6, 6.07) is 0. The maximum Gasteiger partial charge on any atom is 0.289 e. The zero-order valence-corrected chi connectivity index (χ0v) is 10.6. The van der Waals surface area contributed by atoms with E-state index in [9.17, 15) is 4.79 Å². The predicted molar refractivity (Wildman–Crippen MR) is 62.8 cm³/mol. The molecule has 0 aliphatic heterocycles. The zero-order chi connectivity index (χ0) is 12.1. The van der Waals surface area contributed by atoms with Gasteiger partial charge in [0.2, 0.25) is 5.76 Å². The molecular formula is C11H17ClN2O2.